The normalized spacial score (nSPS) is 28.9. The Balaban J connectivity index is 1.38. The van der Waals surface area contributed by atoms with Crippen molar-refractivity contribution in [2.45, 2.75) is 41.9 Å². The first-order chi connectivity index (χ1) is 17.9. The Kier molecular flexibility index (Phi) is 6.90. The van der Waals surface area contributed by atoms with E-state index in [9.17, 15) is 31.9 Å². The number of amides is 2. The molecule has 5 atom stereocenters. The Bertz CT molecular complexity index is 1410. The van der Waals surface area contributed by atoms with Gasteiger partial charge in [0.2, 0.25) is 0 Å². The molecule has 1 heterocycles. The second-order valence-corrected chi connectivity index (χ2v) is 13.0. The van der Waals surface area contributed by atoms with Crippen LogP contribution in [-0.4, -0.2) is 61.0 Å². The maximum Gasteiger partial charge on any atom is 0.410 e. The van der Waals surface area contributed by atoms with Gasteiger partial charge in [0, 0.05) is 17.3 Å². The minimum atomic E-state index is -4.01. The zero-order valence-corrected chi connectivity index (χ0v) is 22.1. The fraction of sp³-hybridized carbons (Fsp3) is 0.462. The molecule has 1 saturated heterocycles. The molecule has 0 aromatic heterocycles. The van der Waals surface area contributed by atoms with E-state index in [2.05, 4.69) is 5.32 Å². The predicted octanol–water partition coefficient (Wildman–Crippen LogP) is 4.26. The molecule has 5 rings (SSSR count). The number of hydrogen-bond acceptors (Lipinski definition) is 6. The summed E-state index contributed by atoms with van der Waals surface area (Å²) < 4.78 is 59.3. The van der Waals surface area contributed by atoms with E-state index in [1.165, 1.54) is 29.2 Å². The summed E-state index contributed by atoms with van der Waals surface area (Å²) in [7, 11) is -4.01. The van der Waals surface area contributed by atoms with E-state index >= 15 is 0 Å². The third-order valence-corrected chi connectivity index (χ3v) is 10.8. The molecule has 38 heavy (non-hydrogen) atoms. The first-order valence-electron chi connectivity index (χ1n) is 12.3. The van der Waals surface area contributed by atoms with Gasteiger partial charge in [-0.05, 0) is 67.3 Å². The Morgan fingerprint density at radius 3 is 2.61 bits per heavy atom. The van der Waals surface area contributed by atoms with Crippen molar-refractivity contribution in [3.63, 3.8) is 0 Å². The van der Waals surface area contributed by atoms with Crippen LogP contribution in [0.15, 0.2) is 41.3 Å². The Labute approximate surface area is 223 Å². The Morgan fingerprint density at radius 1 is 1.18 bits per heavy atom. The number of aliphatic hydroxyl groups is 1. The van der Waals surface area contributed by atoms with E-state index in [0.717, 1.165) is 12.1 Å². The molecule has 8 nitrogen and oxygen atoms in total. The fourth-order valence-corrected chi connectivity index (χ4v) is 8.62. The van der Waals surface area contributed by atoms with Gasteiger partial charge in [-0.1, -0.05) is 18.5 Å². The van der Waals surface area contributed by atoms with E-state index in [1.54, 1.807) is 0 Å². The monoisotopic (exact) mass is 568 g/mol. The summed E-state index contributed by atoms with van der Waals surface area (Å²) >= 11 is 6.30. The van der Waals surface area contributed by atoms with Gasteiger partial charge in [0.1, 0.15) is 6.61 Å². The molecule has 3 fully saturated rings. The van der Waals surface area contributed by atoms with Crippen LogP contribution in [0.3, 0.4) is 0 Å². The number of benzene rings is 2. The van der Waals surface area contributed by atoms with Crippen molar-refractivity contribution >= 4 is 39.1 Å². The quantitative estimate of drug-likeness (QED) is 0.538. The smallest absolute Gasteiger partial charge is 0.410 e. The molecule has 2 bridgehead atoms. The first kappa shape index (κ1) is 26.8. The number of sulfone groups is 1. The molecule has 204 valence electrons. The first-order valence-corrected chi connectivity index (χ1v) is 14.3. The maximum absolute atomic E-state index is 13.8. The number of fused-ring (bicyclic) bond motifs is 2. The summed E-state index contributed by atoms with van der Waals surface area (Å²) in [5.74, 6) is -3.56. The molecule has 0 radical (unpaired) electrons. The van der Waals surface area contributed by atoms with Crippen molar-refractivity contribution < 1.29 is 36.6 Å². The van der Waals surface area contributed by atoms with Gasteiger partial charge < -0.3 is 20.1 Å². The second kappa shape index (κ2) is 9.77. The number of cyclic esters (lactones) is 1. The standard InChI is InChI=1S/C26H27ClF2N2O6S/c1-14-8-16-10-18(12-19(14)26(16,34)13-31-6-7-37-25(31)33)38(35,36)23-9-15(2-4-20(23)27)24(32)30-17-3-5-21(28)22(29)11-17/h2-5,9,11,14,16,18-19,34H,6-8,10,12-13H2,1H3,(H,30,32)/t14-,16?,18+,19?,26+/m0/s1. The van der Waals surface area contributed by atoms with Crippen LogP contribution in [0.2, 0.25) is 5.02 Å². The number of carbonyl (C=O) groups is 2. The minimum absolute atomic E-state index is 0.00673. The van der Waals surface area contributed by atoms with Crippen molar-refractivity contribution in [1.82, 2.24) is 4.90 Å². The van der Waals surface area contributed by atoms with Gasteiger partial charge in [-0.3, -0.25) is 4.79 Å². The number of ether oxygens (including phenoxy) is 1. The summed E-state index contributed by atoms with van der Waals surface area (Å²) in [6.45, 7) is 2.71. The molecule has 2 N–H and O–H groups in total. The number of nitrogens with one attached hydrogen (secondary N) is 1. The Hall–Kier alpha value is -2.76. The van der Waals surface area contributed by atoms with E-state index in [-0.39, 0.29) is 64.9 Å². The molecule has 2 saturated carbocycles. The van der Waals surface area contributed by atoms with Gasteiger partial charge >= 0.3 is 6.09 Å². The molecule has 3 aliphatic rings. The van der Waals surface area contributed by atoms with E-state index in [0.29, 0.717) is 13.0 Å². The van der Waals surface area contributed by atoms with Crippen molar-refractivity contribution in [2.75, 3.05) is 25.0 Å². The number of carbonyl (C=O) groups excluding carboxylic acids is 2. The van der Waals surface area contributed by atoms with Gasteiger partial charge in [0.05, 0.1) is 33.9 Å². The Morgan fingerprint density at radius 2 is 1.95 bits per heavy atom. The molecule has 0 spiro atoms. The van der Waals surface area contributed by atoms with Crippen molar-refractivity contribution in [1.29, 1.82) is 0 Å². The third kappa shape index (κ3) is 4.65. The van der Waals surface area contributed by atoms with Crippen LogP contribution in [0.4, 0.5) is 19.3 Å². The lowest BCUT2D eigenvalue weighted by Crippen LogP contribution is -2.55. The van der Waals surface area contributed by atoms with Gasteiger partial charge in [-0.25, -0.2) is 22.0 Å². The van der Waals surface area contributed by atoms with Crippen LogP contribution >= 0.6 is 11.6 Å². The lowest BCUT2D eigenvalue weighted by atomic mass is 9.73. The number of rotatable bonds is 6. The SMILES string of the molecule is C[C@H]1CC2C[C@@H](S(=O)(=O)c3cc(C(=O)Nc4ccc(F)c(F)c4)ccc3Cl)CC1[C@@]2(O)CN1CCOC1=O. The number of hydrogen-bond donors (Lipinski definition) is 2. The molecule has 2 aromatic rings. The topological polar surface area (TPSA) is 113 Å². The van der Waals surface area contributed by atoms with Crippen LogP contribution in [0.25, 0.3) is 0 Å². The van der Waals surface area contributed by atoms with E-state index in [4.69, 9.17) is 16.3 Å². The highest BCUT2D eigenvalue weighted by Gasteiger charge is 2.59. The number of nitrogens with zero attached hydrogens (tertiary/aromatic N) is 1. The molecule has 2 amide bonds. The highest BCUT2D eigenvalue weighted by atomic mass is 35.5. The summed E-state index contributed by atoms with van der Waals surface area (Å²) in [5, 5.41) is 13.2. The average molecular weight is 569 g/mol. The number of β-amino-alcohol motifs (C(OH)–C–C–N with tert-alkyl or cyclic N) is 1. The molecule has 2 aromatic carbocycles. The highest BCUT2D eigenvalue weighted by Crippen LogP contribution is 2.55. The average Bonchev–Trinajstić information content (AvgIpc) is 3.27. The third-order valence-electron chi connectivity index (χ3n) is 8.16. The lowest BCUT2D eigenvalue weighted by Gasteiger charge is -2.44. The lowest BCUT2D eigenvalue weighted by molar-refractivity contribution is -0.0766. The molecular formula is C26H27ClF2N2O6S. The highest BCUT2D eigenvalue weighted by molar-refractivity contribution is 7.92. The van der Waals surface area contributed by atoms with Crippen molar-refractivity contribution in [3.8, 4) is 0 Å². The van der Waals surface area contributed by atoms with Crippen molar-refractivity contribution in [2.24, 2.45) is 17.8 Å². The van der Waals surface area contributed by atoms with E-state index in [1.807, 2.05) is 6.92 Å². The zero-order valence-electron chi connectivity index (χ0n) is 20.5. The van der Waals surface area contributed by atoms with Crippen LogP contribution in [0.5, 0.6) is 0 Å². The number of anilines is 1. The molecular weight excluding hydrogens is 542 g/mol. The van der Waals surface area contributed by atoms with Crippen LogP contribution in [0.1, 0.15) is 36.5 Å². The molecule has 2 aliphatic carbocycles. The summed E-state index contributed by atoms with van der Waals surface area (Å²) in [6.07, 6.45) is 0.511. The van der Waals surface area contributed by atoms with Gasteiger partial charge in [-0.2, -0.15) is 0 Å². The van der Waals surface area contributed by atoms with Crippen LogP contribution in [0, 0.1) is 29.4 Å². The summed E-state index contributed by atoms with van der Waals surface area (Å²) in [5.41, 5.74) is -1.23. The molecule has 1 aliphatic heterocycles. The summed E-state index contributed by atoms with van der Waals surface area (Å²) in [4.78, 5) is 26.0. The van der Waals surface area contributed by atoms with Crippen LogP contribution < -0.4 is 5.32 Å². The van der Waals surface area contributed by atoms with Gasteiger partial charge in [0.25, 0.3) is 5.91 Å². The minimum Gasteiger partial charge on any atom is -0.448 e. The van der Waals surface area contributed by atoms with Crippen LogP contribution in [-0.2, 0) is 14.6 Å². The zero-order chi connectivity index (χ0) is 27.4. The number of halogens is 3. The maximum atomic E-state index is 13.8. The predicted molar refractivity (Wildman–Crippen MR) is 135 cm³/mol. The van der Waals surface area contributed by atoms with Gasteiger partial charge in [-0.15, -0.1) is 0 Å². The second-order valence-electron chi connectivity index (χ2n) is 10.4. The van der Waals surface area contributed by atoms with Gasteiger partial charge in [0.15, 0.2) is 21.5 Å². The van der Waals surface area contributed by atoms with Crippen molar-refractivity contribution in [3.05, 3.63) is 58.6 Å². The molecule has 12 heteroatoms. The van der Waals surface area contributed by atoms with E-state index < -0.39 is 44.3 Å². The fourth-order valence-electron chi connectivity index (χ4n) is 6.24. The summed E-state index contributed by atoms with van der Waals surface area (Å²) in [6, 6.07) is 6.71. The largest absolute Gasteiger partial charge is 0.448 e. The molecule has 2 unspecified atom stereocenters.